The molecule has 3 nitrogen and oxygen atoms in total. The molecule has 4 heteroatoms. The lowest BCUT2D eigenvalue weighted by Crippen LogP contribution is -2.61. The van der Waals surface area contributed by atoms with Crippen molar-refractivity contribution in [3.63, 3.8) is 0 Å². The van der Waals surface area contributed by atoms with Crippen LogP contribution in [0.15, 0.2) is 0 Å². The highest BCUT2D eigenvalue weighted by Gasteiger charge is 2.44. The molecule has 1 heterocycles. The highest BCUT2D eigenvalue weighted by Crippen LogP contribution is 2.27. The maximum absolute atomic E-state index is 10.2. The third-order valence-electron chi connectivity index (χ3n) is 2.89. The van der Waals surface area contributed by atoms with E-state index in [4.69, 9.17) is 0 Å². The van der Waals surface area contributed by atoms with Gasteiger partial charge in [-0.05, 0) is 13.3 Å². The summed E-state index contributed by atoms with van der Waals surface area (Å²) in [6, 6.07) is 0. The summed E-state index contributed by atoms with van der Waals surface area (Å²) < 4.78 is 0. The summed E-state index contributed by atoms with van der Waals surface area (Å²) in [5, 5.41) is 18.7. The van der Waals surface area contributed by atoms with Gasteiger partial charge in [0.25, 0.3) is 0 Å². The molecule has 0 aromatic heterocycles. The van der Waals surface area contributed by atoms with E-state index >= 15 is 0 Å². The Morgan fingerprint density at radius 2 is 2.00 bits per heavy atom. The Labute approximate surface area is 81.4 Å². The van der Waals surface area contributed by atoms with E-state index in [0.29, 0.717) is 6.54 Å². The normalized spacial score (nSPS) is 30.5. The zero-order chi connectivity index (χ0) is 10.3. The Morgan fingerprint density at radius 1 is 1.46 bits per heavy atom. The van der Waals surface area contributed by atoms with Crippen LogP contribution in [-0.4, -0.2) is 47.7 Å². The first-order valence-corrected chi connectivity index (χ1v) is 8.26. The molecule has 1 aliphatic heterocycles. The third-order valence-corrected chi connectivity index (χ3v) is 5.61. The quantitative estimate of drug-likeness (QED) is 0.639. The Bertz CT molecular complexity index is 189. The summed E-state index contributed by atoms with van der Waals surface area (Å²) in [5.74, 6) is 0. The van der Waals surface area contributed by atoms with Gasteiger partial charge in [0.05, 0.1) is 6.10 Å². The minimum absolute atomic E-state index is 0.287. The van der Waals surface area contributed by atoms with Crippen molar-refractivity contribution >= 4 is 8.07 Å². The molecule has 0 aromatic rings. The Balaban J connectivity index is 2.70. The van der Waals surface area contributed by atoms with Crippen LogP contribution in [0, 0.1) is 6.92 Å². The fourth-order valence-electron chi connectivity index (χ4n) is 1.55. The van der Waals surface area contributed by atoms with E-state index in [-0.39, 0.29) is 6.10 Å². The Kier molecular flexibility index (Phi) is 2.88. The zero-order valence-corrected chi connectivity index (χ0v) is 9.75. The lowest BCUT2D eigenvalue weighted by molar-refractivity contribution is -0.00155. The monoisotopic (exact) mass is 202 g/mol. The molecule has 0 saturated carbocycles. The summed E-state index contributed by atoms with van der Waals surface area (Å²) in [4.78, 5) is 1.91. The van der Waals surface area contributed by atoms with Crippen LogP contribution in [0.25, 0.3) is 0 Å². The molecule has 1 aliphatic rings. The number of likely N-dealkylation sites (tertiary alicyclic amines) is 1. The van der Waals surface area contributed by atoms with Crippen LogP contribution >= 0.6 is 0 Å². The topological polar surface area (TPSA) is 43.7 Å². The maximum atomic E-state index is 10.2. The van der Waals surface area contributed by atoms with E-state index in [0.717, 1.165) is 13.0 Å². The largest absolute Gasteiger partial charge is 0.392 e. The number of aliphatic hydroxyl groups excluding tert-OH is 1. The van der Waals surface area contributed by atoms with Gasteiger partial charge in [0.2, 0.25) is 0 Å². The molecule has 0 bridgehead atoms. The van der Waals surface area contributed by atoms with E-state index in [9.17, 15) is 10.2 Å². The third kappa shape index (κ3) is 2.12. The zero-order valence-electron chi connectivity index (χ0n) is 8.75. The number of aliphatic hydroxyl groups is 2. The number of hydrogen-bond acceptors (Lipinski definition) is 3. The van der Waals surface area contributed by atoms with Gasteiger partial charge in [0.1, 0.15) is 13.4 Å². The second kappa shape index (κ2) is 3.35. The standard InChI is InChI=1S/C9H20NO2Si/c1-9(12,13(2,3)4)10-6-5-8(11)7-10/h8,11-12H,1,5-7H2,2-4H3. The molecule has 1 fully saturated rings. The van der Waals surface area contributed by atoms with Crippen molar-refractivity contribution in [2.24, 2.45) is 0 Å². The van der Waals surface area contributed by atoms with Gasteiger partial charge in [-0.25, -0.2) is 0 Å². The van der Waals surface area contributed by atoms with Gasteiger partial charge >= 0.3 is 0 Å². The van der Waals surface area contributed by atoms with Gasteiger partial charge in [0, 0.05) is 13.1 Å². The average molecular weight is 202 g/mol. The highest BCUT2D eigenvalue weighted by atomic mass is 28.3. The van der Waals surface area contributed by atoms with Crippen molar-refractivity contribution < 1.29 is 10.2 Å². The molecule has 2 atom stereocenters. The van der Waals surface area contributed by atoms with Crippen LogP contribution in [0.4, 0.5) is 0 Å². The van der Waals surface area contributed by atoms with Crippen molar-refractivity contribution in [1.82, 2.24) is 4.90 Å². The molecular formula is C9H20NO2Si. The van der Waals surface area contributed by atoms with E-state index in [1.54, 1.807) is 0 Å². The predicted molar refractivity (Wildman–Crippen MR) is 55.8 cm³/mol. The number of nitrogens with zero attached hydrogens (tertiary/aromatic N) is 1. The van der Waals surface area contributed by atoms with Gasteiger partial charge in [-0.3, -0.25) is 4.90 Å². The van der Waals surface area contributed by atoms with Crippen molar-refractivity contribution in [3.8, 4) is 0 Å². The molecular weight excluding hydrogens is 182 g/mol. The first-order valence-electron chi connectivity index (χ1n) is 4.76. The van der Waals surface area contributed by atoms with Crippen LogP contribution in [0.1, 0.15) is 6.42 Å². The summed E-state index contributed by atoms with van der Waals surface area (Å²) in [7, 11) is -1.72. The second-order valence-electron chi connectivity index (χ2n) is 4.96. The molecule has 13 heavy (non-hydrogen) atoms. The van der Waals surface area contributed by atoms with Crippen LogP contribution in [-0.2, 0) is 0 Å². The van der Waals surface area contributed by atoms with E-state index < -0.39 is 13.4 Å². The number of β-amino-alcohol motifs (C(OH)–C–C–N with tert-alkyl or cyclic N) is 1. The summed E-state index contributed by atoms with van der Waals surface area (Å²) >= 11 is 0. The summed E-state index contributed by atoms with van der Waals surface area (Å²) in [6.45, 7) is 11.5. The molecule has 1 saturated heterocycles. The SMILES string of the molecule is [CH2]C(O)(N1CCC(O)C1)[Si](C)(C)C. The molecule has 2 unspecified atom stereocenters. The van der Waals surface area contributed by atoms with Crippen LogP contribution < -0.4 is 0 Å². The van der Waals surface area contributed by atoms with Gasteiger partial charge in [-0.1, -0.05) is 19.6 Å². The Morgan fingerprint density at radius 3 is 2.31 bits per heavy atom. The smallest absolute Gasteiger partial charge is 0.104 e. The molecule has 2 N–H and O–H groups in total. The van der Waals surface area contributed by atoms with E-state index in [1.165, 1.54) is 0 Å². The minimum atomic E-state index is -1.72. The van der Waals surface area contributed by atoms with Crippen molar-refractivity contribution in [3.05, 3.63) is 6.92 Å². The fraction of sp³-hybridized carbons (Fsp3) is 0.889. The van der Waals surface area contributed by atoms with Crippen molar-refractivity contribution in [1.29, 1.82) is 0 Å². The molecule has 0 amide bonds. The van der Waals surface area contributed by atoms with E-state index in [2.05, 4.69) is 26.6 Å². The molecule has 0 aromatic carbocycles. The predicted octanol–water partition coefficient (Wildman–Crippen LogP) is 0.453. The Hall–Kier alpha value is 0.0969. The summed E-state index contributed by atoms with van der Waals surface area (Å²) in [6.07, 6.45) is 0.465. The average Bonchev–Trinajstić information content (AvgIpc) is 2.33. The molecule has 1 radical (unpaired) electrons. The van der Waals surface area contributed by atoms with Crippen molar-refractivity contribution in [2.45, 2.75) is 37.5 Å². The lowest BCUT2D eigenvalue weighted by atomic mass is 10.3. The van der Waals surface area contributed by atoms with Crippen LogP contribution in [0.2, 0.25) is 19.6 Å². The summed E-state index contributed by atoms with van der Waals surface area (Å²) in [5.41, 5.74) is 0. The first-order chi connectivity index (χ1) is 5.75. The van der Waals surface area contributed by atoms with Crippen LogP contribution in [0.5, 0.6) is 0 Å². The molecule has 0 spiro atoms. The van der Waals surface area contributed by atoms with Gasteiger partial charge < -0.3 is 10.2 Å². The highest BCUT2D eigenvalue weighted by molar-refractivity contribution is 6.79. The van der Waals surface area contributed by atoms with Crippen molar-refractivity contribution in [2.75, 3.05) is 13.1 Å². The molecule has 77 valence electrons. The van der Waals surface area contributed by atoms with Gasteiger partial charge in [-0.15, -0.1) is 0 Å². The molecule has 0 aliphatic carbocycles. The first kappa shape index (κ1) is 11.2. The lowest BCUT2D eigenvalue weighted by Gasteiger charge is -2.42. The van der Waals surface area contributed by atoms with Gasteiger partial charge in [0.15, 0.2) is 0 Å². The van der Waals surface area contributed by atoms with Crippen LogP contribution in [0.3, 0.4) is 0 Å². The number of hydrogen-bond donors (Lipinski definition) is 2. The minimum Gasteiger partial charge on any atom is -0.392 e. The molecule has 1 rings (SSSR count). The number of rotatable bonds is 2. The maximum Gasteiger partial charge on any atom is 0.104 e. The fourth-order valence-corrected chi connectivity index (χ4v) is 2.70. The second-order valence-corrected chi connectivity index (χ2v) is 10.3. The van der Waals surface area contributed by atoms with E-state index in [1.807, 2.05) is 4.90 Å². The van der Waals surface area contributed by atoms with Gasteiger partial charge in [-0.2, -0.15) is 0 Å².